The highest BCUT2D eigenvalue weighted by molar-refractivity contribution is 4.67. The minimum absolute atomic E-state index is 0. The monoisotopic (exact) mass is 289 g/mol. The Balaban J connectivity index is 0. The highest BCUT2D eigenvalue weighted by Gasteiger charge is 2.12. The van der Waals surface area contributed by atoms with Crippen LogP contribution in [0.25, 0.3) is 0 Å². The van der Waals surface area contributed by atoms with Gasteiger partial charge in [0, 0.05) is 26.2 Å². The van der Waals surface area contributed by atoms with Crippen molar-refractivity contribution in [1.82, 2.24) is 27.4 Å². The molecule has 124 valence electrons. The summed E-state index contributed by atoms with van der Waals surface area (Å²) in [6.45, 7) is 16.9. The normalized spacial score (nSPS) is 21.1. The average molecular weight is 290 g/mol. The van der Waals surface area contributed by atoms with Gasteiger partial charge in [0.05, 0.1) is 0 Å². The molecule has 20 heavy (non-hydrogen) atoms. The van der Waals surface area contributed by atoms with E-state index in [2.05, 4.69) is 35.9 Å². The maximum atomic E-state index is 3.33. The van der Waals surface area contributed by atoms with E-state index in [1.165, 1.54) is 71.6 Å². The van der Waals surface area contributed by atoms with E-state index in [1.807, 2.05) is 0 Å². The number of rotatable bonds is 3. The highest BCUT2D eigenvalue weighted by Crippen LogP contribution is 2.14. The summed E-state index contributed by atoms with van der Waals surface area (Å²) in [7, 11) is 0. The Hall–Kier alpha value is -0.200. The molecule has 2 rings (SSSR count). The van der Waals surface area contributed by atoms with Gasteiger partial charge in [-0.25, -0.2) is 0 Å². The zero-order valence-electron chi connectivity index (χ0n) is 14.2. The van der Waals surface area contributed by atoms with Crippen molar-refractivity contribution in [3.63, 3.8) is 0 Å². The van der Waals surface area contributed by atoms with Crippen molar-refractivity contribution in [3.05, 3.63) is 0 Å². The third-order valence-electron chi connectivity index (χ3n) is 4.07. The second-order valence-corrected chi connectivity index (χ2v) is 5.71. The van der Waals surface area contributed by atoms with Crippen LogP contribution in [0, 0.1) is 5.92 Å². The van der Waals surface area contributed by atoms with E-state index in [1.54, 1.807) is 0 Å². The van der Waals surface area contributed by atoms with Crippen molar-refractivity contribution in [2.75, 3.05) is 52.4 Å². The van der Waals surface area contributed by atoms with Crippen molar-refractivity contribution in [2.24, 2.45) is 5.92 Å². The lowest BCUT2D eigenvalue weighted by Crippen LogP contribution is -2.43. The first-order chi connectivity index (χ1) is 8.76. The second-order valence-electron chi connectivity index (χ2n) is 5.71. The van der Waals surface area contributed by atoms with Gasteiger partial charge in [0.1, 0.15) is 0 Å². The van der Waals surface area contributed by atoms with E-state index in [9.17, 15) is 0 Å². The van der Waals surface area contributed by atoms with Gasteiger partial charge >= 0.3 is 0 Å². The first kappa shape index (κ1) is 22.1. The lowest BCUT2D eigenvalue weighted by atomic mass is 9.99. The summed E-state index contributed by atoms with van der Waals surface area (Å²) in [6, 6.07) is 0. The lowest BCUT2D eigenvalue weighted by Gasteiger charge is -2.28. The molecule has 0 aromatic carbocycles. The summed E-state index contributed by atoms with van der Waals surface area (Å²) < 4.78 is 0. The first-order valence-electron chi connectivity index (χ1n) is 7.91. The maximum absolute atomic E-state index is 3.33. The quantitative estimate of drug-likeness (QED) is 0.742. The van der Waals surface area contributed by atoms with Gasteiger partial charge in [0.2, 0.25) is 0 Å². The Morgan fingerprint density at radius 2 is 1.45 bits per heavy atom. The Morgan fingerprint density at radius 3 is 1.90 bits per heavy atom. The predicted octanol–water partition coefficient (Wildman–Crippen LogP) is 2.36. The van der Waals surface area contributed by atoms with Crippen LogP contribution in [0.2, 0.25) is 0 Å². The van der Waals surface area contributed by atoms with Crippen molar-refractivity contribution < 1.29 is 0 Å². The smallest absolute Gasteiger partial charge is 0.0107 e. The van der Waals surface area contributed by atoms with E-state index >= 15 is 0 Å². The van der Waals surface area contributed by atoms with Crippen molar-refractivity contribution >= 4 is 0 Å². The zero-order valence-corrected chi connectivity index (χ0v) is 14.2. The Labute approximate surface area is 126 Å². The molecule has 5 heteroatoms. The van der Waals surface area contributed by atoms with Crippen LogP contribution in [0.5, 0.6) is 0 Å². The van der Waals surface area contributed by atoms with Crippen LogP contribution < -0.4 is 17.6 Å². The lowest BCUT2D eigenvalue weighted by molar-refractivity contribution is 0.201. The molecule has 5 nitrogen and oxygen atoms in total. The number of piperazine rings is 1. The molecule has 2 saturated heterocycles. The molecule has 2 aliphatic heterocycles. The minimum atomic E-state index is 0. The Morgan fingerprint density at radius 1 is 0.900 bits per heavy atom. The topological polar surface area (TPSA) is 88.5 Å². The molecule has 0 spiro atoms. The Bertz CT molecular complexity index is 184. The molecule has 0 atom stereocenters. The molecule has 0 aromatic heterocycles. The van der Waals surface area contributed by atoms with Crippen LogP contribution in [0.3, 0.4) is 0 Å². The molecular formula is C15H39N5. The molecule has 2 fully saturated rings. The predicted molar refractivity (Wildman–Crippen MR) is 90.2 cm³/mol. The molecule has 0 aliphatic carbocycles. The molecule has 0 radical (unpaired) electrons. The van der Waals surface area contributed by atoms with Crippen molar-refractivity contribution in [2.45, 2.75) is 40.0 Å². The molecule has 2 heterocycles. The van der Waals surface area contributed by atoms with Gasteiger partial charge < -0.3 is 27.4 Å². The minimum Gasteiger partial charge on any atom is -0.344 e. The number of piperidine rings is 1. The van der Waals surface area contributed by atoms with Crippen LogP contribution in [0.1, 0.15) is 40.0 Å². The van der Waals surface area contributed by atoms with Gasteiger partial charge in [-0.05, 0) is 51.4 Å². The van der Waals surface area contributed by atoms with E-state index in [0.29, 0.717) is 0 Å². The molecule has 7 N–H and O–H groups in total. The van der Waals surface area contributed by atoms with Crippen LogP contribution >= 0.6 is 0 Å². The number of nitrogens with zero attached hydrogens (tertiary/aromatic N) is 2. The van der Waals surface area contributed by atoms with Gasteiger partial charge in [-0.1, -0.05) is 20.8 Å². The molecular weight excluding hydrogens is 250 g/mol. The van der Waals surface area contributed by atoms with Gasteiger partial charge in [0.25, 0.3) is 0 Å². The SMILES string of the molecule is CCCN1CCNCC1.CCN1CCC(C)CC1.N.N. The number of hydrogen-bond donors (Lipinski definition) is 3. The maximum Gasteiger partial charge on any atom is 0.0107 e. The van der Waals surface area contributed by atoms with Crippen LogP contribution in [-0.2, 0) is 0 Å². The largest absolute Gasteiger partial charge is 0.344 e. The van der Waals surface area contributed by atoms with Crippen LogP contribution in [0.4, 0.5) is 0 Å². The van der Waals surface area contributed by atoms with Crippen LogP contribution in [0.15, 0.2) is 0 Å². The summed E-state index contributed by atoms with van der Waals surface area (Å²) in [5, 5.41) is 3.33. The number of nitrogens with one attached hydrogen (secondary N) is 1. The summed E-state index contributed by atoms with van der Waals surface area (Å²) in [5.41, 5.74) is 0. The van der Waals surface area contributed by atoms with Gasteiger partial charge in [-0.15, -0.1) is 0 Å². The average Bonchev–Trinajstić information content (AvgIpc) is 2.42. The zero-order chi connectivity index (χ0) is 13.2. The third kappa shape index (κ3) is 9.66. The first-order valence-corrected chi connectivity index (χ1v) is 7.91. The van der Waals surface area contributed by atoms with Crippen molar-refractivity contribution in [1.29, 1.82) is 0 Å². The van der Waals surface area contributed by atoms with Gasteiger partial charge in [0.15, 0.2) is 0 Å². The van der Waals surface area contributed by atoms with Gasteiger partial charge in [-0.2, -0.15) is 0 Å². The van der Waals surface area contributed by atoms with E-state index < -0.39 is 0 Å². The van der Waals surface area contributed by atoms with Gasteiger partial charge in [-0.3, -0.25) is 0 Å². The molecule has 0 unspecified atom stereocenters. The molecule has 0 amide bonds. The fraction of sp³-hybridized carbons (Fsp3) is 1.00. The third-order valence-corrected chi connectivity index (χ3v) is 4.07. The van der Waals surface area contributed by atoms with E-state index in [-0.39, 0.29) is 12.3 Å². The standard InChI is InChI=1S/C8H17N.C7H16N2.2H3N/c1-3-9-6-4-8(2)5-7-9;1-2-5-9-6-3-8-4-7-9;;/h8H,3-7H2,1-2H3;8H,2-7H2,1H3;2*1H3. The summed E-state index contributed by atoms with van der Waals surface area (Å²) >= 11 is 0. The fourth-order valence-electron chi connectivity index (χ4n) is 2.63. The van der Waals surface area contributed by atoms with E-state index in [4.69, 9.17) is 0 Å². The fourth-order valence-corrected chi connectivity index (χ4v) is 2.63. The second kappa shape index (κ2) is 13.8. The Kier molecular flexibility index (Phi) is 15.2. The van der Waals surface area contributed by atoms with Crippen LogP contribution in [-0.4, -0.2) is 62.2 Å². The van der Waals surface area contributed by atoms with E-state index in [0.717, 1.165) is 5.92 Å². The molecule has 0 bridgehead atoms. The molecule has 2 aliphatic rings. The highest BCUT2D eigenvalue weighted by atomic mass is 15.2. The molecule has 0 aromatic rings. The number of hydrogen-bond acceptors (Lipinski definition) is 5. The number of likely N-dealkylation sites (tertiary alicyclic amines) is 1. The summed E-state index contributed by atoms with van der Waals surface area (Å²) in [4.78, 5) is 5.04. The molecule has 0 saturated carbocycles. The van der Waals surface area contributed by atoms with Crippen molar-refractivity contribution in [3.8, 4) is 0 Å². The summed E-state index contributed by atoms with van der Waals surface area (Å²) in [5.74, 6) is 0.979. The summed E-state index contributed by atoms with van der Waals surface area (Å²) in [6.07, 6.45) is 4.11.